The Kier molecular flexibility index (Phi) is 92.3. The van der Waals surface area contributed by atoms with Crippen LogP contribution in [0.3, 0.4) is 0 Å². The molecule has 0 aromatic rings. The molecular weight excluding hydrogens is 6470 g/mol. The molecule has 0 fully saturated rings. The Morgan fingerprint density at radius 3 is 0.412 bits per heavy atom. The zero-order chi connectivity index (χ0) is 40.6. The average Bonchev–Trinajstić information content (AvgIpc) is 3.13. The van der Waals surface area contributed by atoms with Crippen molar-refractivity contribution >= 4 is 673 Å². The Morgan fingerprint density at radius 1 is 0.176 bits per heavy atom. The molecule has 0 spiro atoms. The van der Waals surface area contributed by atoms with Gasteiger partial charge in [0.15, 0.2) is 0 Å². The van der Waals surface area contributed by atoms with Crippen LogP contribution in [-0.4, -0.2) is 0 Å². The van der Waals surface area contributed by atoms with E-state index < -0.39 is 189 Å². The predicted molar refractivity (Wildman–Crippen MR) is 701 cm³/mol. The van der Waals surface area contributed by atoms with Gasteiger partial charge in [-0.15, -0.1) is 0 Å². The fourth-order valence-electron chi connectivity index (χ4n) is 0.694. The van der Waals surface area contributed by atoms with E-state index in [0.717, 1.165) is 0 Å². The first kappa shape index (κ1) is 88.2. The average molecular weight is 6470 g/mol. The molecule has 0 rings (SSSR count). The van der Waals surface area contributed by atoms with Gasteiger partial charge in [-0.2, -0.15) is 0 Å². The van der Waals surface area contributed by atoms with Crippen LogP contribution >= 0.6 is 673 Å². The van der Waals surface area contributed by atoms with Gasteiger partial charge in [0.25, 0.3) is 0 Å². The Morgan fingerprint density at radius 2 is 0.294 bits per heavy atom. The molecule has 0 aliphatic heterocycles. The van der Waals surface area contributed by atoms with Crippen LogP contribution in [0.1, 0.15) is 0 Å². The minimum atomic E-state index is -0.577. The van der Waals surface area contributed by atoms with E-state index in [-0.39, 0.29) is 0 Å². The Balaban J connectivity index is 5.57. The first-order valence-electron chi connectivity index (χ1n) is 7.14. The summed E-state index contributed by atoms with van der Waals surface area (Å²) in [5.41, 5.74) is 0. The molecule has 0 amide bonds. The van der Waals surface area contributed by atoms with Crippen molar-refractivity contribution in [2.75, 3.05) is 0 Å². The van der Waals surface area contributed by atoms with Crippen LogP contribution in [0.4, 0.5) is 0 Å². The summed E-state index contributed by atoms with van der Waals surface area (Å²) in [5, 5.41) is 0. The van der Waals surface area contributed by atoms with Crippen LogP contribution in [0.2, 0.25) is 0 Å². The van der Waals surface area contributed by atoms with Gasteiger partial charge in [0.2, 0.25) is 0 Å². The molecule has 358 valence electrons. The van der Waals surface area contributed by atoms with Crippen molar-refractivity contribution in [3.05, 3.63) is 0 Å². The number of hydrogen-bond donors (Lipinski definition) is 0. The molecule has 0 saturated heterocycles. The Bertz CT molecular complexity index is 902. The van der Waals surface area contributed by atoms with Crippen molar-refractivity contribution < 1.29 is 13.3 Å². The molecule has 0 nitrogen and oxygen atoms in total. The Hall–Kier alpha value is 37.2. The van der Waals surface area contributed by atoms with Gasteiger partial charge in [0, 0.05) is 0 Å². The molecule has 0 radical (unpaired) electrons. The van der Waals surface area contributed by atoms with E-state index in [9.17, 15) is 0 Å². The molecule has 51 heavy (non-hydrogen) atoms. The van der Waals surface area contributed by atoms with Gasteiger partial charge in [-0.05, 0) is 0 Å². The summed E-state index contributed by atoms with van der Waals surface area (Å²) >= 11 is 85.8. The number of hydrogen-bond acceptors (Lipinski definition) is 0. The predicted octanol–water partition coefficient (Wildman–Crippen LogP) is 41.3. The molecule has 0 unspecified atom stereocenters. The molecule has 0 aromatic carbocycles. The van der Waals surface area contributed by atoms with Gasteiger partial charge in [0.05, 0.1) is 0 Å². The van der Waals surface area contributed by atoms with Gasteiger partial charge >= 0.3 is 687 Å². The quantitative estimate of drug-likeness (QED) is 0.0845. The summed E-state index contributed by atoms with van der Waals surface area (Å²) in [6, 6.07) is 0. The van der Waals surface area contributed by atoms with Gasteiger partial charge in [-0.3, -0.25) is 0 Å². The van der Waals surface area contributed by atoms with Gasteiger partial charge in [-0.25, -0.2) is 0 Å². The third-order valence-electron chi connectivity index (χ3n) is 1.92. The van der Waals surface area contributed by atoms with E-state index in [2.05, 4.69) is 484 Å². The van der Waals surface area contributed by atoms with E-state index >= 15 is 0 Å². The second-order valence-corrected chi connectivity index (χ2v) is 1190. The second-order valence-electron chi connectivity index (χ2n) is 3.94. The fraction of sp³-hybridized carbons (Fsp3) is 0. The van der Waals surface area contributed by atoms with E-state index in [4.69, 9.17) is 0 Å². The molecule has 0 aromatic heterocycles. The van der Waals surface area contributed by atoms with Crippen molar-refractivity contribution in [2.45, 2.75) is 0 Å². The normalized spacial score (nSPS) is 18.8. The standard InChI is InChI=1S/I51/c1-27-29(4)31(6)33(8)35(10)37(12)39(14)41(16)43(18)45(20)47(22)49(24)51(26)50(25)48(23)46(21)44(19)42(17)40(15)38(13)36(11)34(9)32(7)30(5)28(2)3/q-1. The maximum atomic E-state index is 3.39. The first-order chi connectivity index (χ1) is 23.2. The van der Waals surface area contributed by atoms with Crippen molar-refractivity contribution in [3.63, 3.8) is 0 Å². The number of rotatable bonds is 24. The van der Waals surface area contributed by atoms with Crippen LogP contribution in [0.15, 0.2) is 0 Å². The third kappa shape index (κ3) is 36.8. The summed E-state index contributed by atoms with van der Waals surface area (Å²) in [6.45, 7) is 0. The molecule has 0 aliphatic rings. The monoisotopic (exact) mass is 6470 g/mol. The molecule has 0 N–H and O–H groups in total. The van der Waals surface area contributed by atoms with Crippen molar-refractivity contribution in [3.8, 4) is 0 Å². The van der Waals surface area contributed by atoms with E-state index in [0.29, 0.717) is 13.3 Å². The van der Waals surface area contributed by atoms with Crippen molar-refractivity contribution in [1.29, 1.82) is 0 Å². The van der Waals surface area contributed by atoms with E-state index in [1.807, 2.05) is 0 Å². The van der Waals surface area contributed by atoms with Crippen LogP contribution in [0, 0.1) is 0 Å². The minimum absolute atomic E-state index is 0.397. The zero-order valence-corrected chi connectivity index (χ0v) is 129. The summed E-state index contributed by atoms with van der Waals surface area (Å²) in [6.07, 6.45) is 0. The molecular formula is I51-. The van der Waals surface area contributed by atoms with Gasteiger partial charge in [-0.1, -0.05) is 0 Å². The Labute approximate surface area is 646 Å². The second kappa shape index (κ2) is 53.4. The molecule has 0 heterocycles. The molecule has 0 aliphatic carbocycles. The molecule has 0 saturated carbocycles. The molecule has 51 heteroatoms. The summed E-state index contributed by atoms with van der Waals surface area (Å²) < 4.78 is 0. The van der Waals surface area contributed by atoms with Crippen LogP contribution in [0.5, 0.6) is 0 Å². The van der Waals surface area contributed by atoms with E-state index in [1.54, 1.807) is 0 Å². The van der Waals surface area contributed by atoms with Gasteiger partial charge < -0.3 is 0 Å². The zero-order valence-electron chi connectivity index (χ0n) is 19.3. The fourth-order valence-corrected chi connectivity index (χ4v) is 9430. The van der Waals surface area contributed by atoms with Crippen LogP contribution in [0.25, 0.3) is 0 Å². The molecule has 0 atom stereocenters. The maximum absolute atomic E-state index is 3.39. The SMILES string of the molecule is I[I-]I(I)I(I)I(I)I(I)I(I)I(I)I(I)I(I)I(I)I(I)I(I)I(I)I(I)I(I)I(I)I(I)I(I)I(I)I(I)I(I)I(I)I(I)I(I)I(I)I. The summed E-state index contributed by atoms with van der Waals surface area (Å²) in [5.74, 6) is 0. The van der Waals surface area contributed by atoms with Crippen LogP contribution in [-0.2, 0) is 0 Å². The van der Waals surface area contributed by atoms with Crippen LogP contribution < -0.4 is 13.3 Å². The summed E-state index contributed by atoms with van der Waals surface area (Å²) in [7, 11) is -12.7. The number of halogens is 51. The first-order valence-corrected chi connectivity index (χ1v) is 321. The van der Waals surface area contributed by atoms with E-state index in [1.165, 1.54) is 0 Å². The van der Waals surface area contributed by atoms with Crippen molar-refractivity contribution in [1.82, 2.24) is 0 Å². The van der Waals surface area contributed by atoms with Crippen molar-refractivity contribution in [2.24, 2.45) is 0 Å². The topological polar surface area (TPSA) is 0 Å². The third-order valence-corrected chi connectivity index (χ3v) is 3880. The molecule has 0 bridgehead atoms. The van der Waals surface area contributed by atoms with Gasteiger partial charge in [0.1, 0.15) is 0 Å². The summed E-state index contributed by atoms with van der Waals surface area (Å²) in [4.78, 5) is 0.